The van der Waals surface area contributed by atoms with Gasteiger partial charge < -0.3 is 14.6 Å². The average Bonchev–Trinajstić information content (AvgIpc) is 2.90. The van der Waals surface area contributed by atoms with E-state index in [1.54, 1.807) is 0 Å². The fraction of sp³-hybridized carbons (Fsp3) is 0.909. The summed E-state index contributed by atoms with van der Waals surface area (Å²) in [6.45, 7) is 5.29. The van der Waals surface area contributed by atoms with E-state index in [1.165, 1.54) is 128 Å². The largest absolute Gasteiger partial charge is 0.457 e. The molecule has 0 radical (unpaired) electrons. The number of unbranched alkanes of at least 4 members (excludes halogenated alkanes) is 20. The predicted molar refractivity (Wildman–Crippen MR) is 159 cm³/mol. The van der Waals surface area contributed by atoms with E-state index in [9.17, 15) is 9.90 Å². The molecule has 0 aliphatic rings. The zero-order chi connectivity index (χ0) is 27.1. The zero-order valence-electron chi connectivity index (χ0n) is 25.0. The number of hydrogen-bond acceptors (Lipinski definition) is 4. The number of hydrogen-bond donors (Lipinski definition) is 1. The molecule has 37 heavy (non-hydrogen) atoms. The van der Waals surface area contributed by atoms with Gasteiger partial charge in [-0.2, -0.15) is 0 Å². The lowest BCUT2D eigenvalue weighted by molar-refractivity contribution is -0.154. The van der Waals surface area contributed by atoms with Crippen LogP contribution in [-0.4, -0.2) is 37.0 Å². The lowest BCUT2D eigenvalue weighted by atomic mass is 10.0. The molecule has 4 nitrogen and oxygen atoms in total. The fourth-order valence-corrected chi connectivity index (χ4v) is 4.62. The molecule has 0 saturated heterocycles. The van der Waals surface area contributed by atoms with Crippen molar-refractivity contribution in [2.24, 2.45) is 0 Å². The molecule has 0 bridgehead atoms. The van der Waals surface area contributed by atoms with E-state index in [0.717, 1.165) is 19.3 Å². The molecule has 4 heteroatoms. The monoisotopic (exact) mass is 524 g/mol. The highest BCUT2D eigenvalue weighted by atomic mass is 16.6. The molecule has 0 aliphatic heterocycles. The van der Waals surface area contributed by atoms with Crippen LogP contribution in [0.15, 0.2) is 12.2 Å². The molecule has 1 atom stereocenters. The Labute approximate surface area is 231 Å². The van der Waals surface area contributed by atoms with Crippen LogP contribution in [0, 0.1) is 0 Å². The van der Waals surface area contributed by atoms with Gasteiger partial charge in [-0.25, -0.2) is 0 Å². The summed E-state index contributed by atoms with van der Waals surface area (Å²) in [6, 6.07) is 0. The first-order valence-electron chi connectivity index (χ1n) is 16.3. The average molecular weight is 525 g/mol. The topological polar surface area (TPSA) is 55.8 Å². The fourth-order valence-electron chi connectivity index (χ4n) is 4.62. The second-order valence-corrected chi connectivity index (χ2v) is 10.9. The van der Waals surface area contributed by atoms with Crippen molar-refractivity contribution in [3.05, 3.63) is 12.2 Å². The van der Waals surface area contributed by atoms with E-state index in [0.29, 0.717) is 19.6 Å². The van der Waals surface area contributed by atoms with Crippen molar-refractivity contribution >= 4 is 5.97 Å². The van der Waals surface area contributed by atoms with Crippen LogP contribution < -0.4 is 0 Å². The summed E-state index contributed by atoms with van der Waals surface area (Å²) in [5.74, 6) is -0.211. The number of allylic oxidation sites excluding steroid dienone is 2. The summed E-state index contributed by atoms with van der Waals surface area (Å²) in [4.78, 5) is 12.0. The number of carbonyl (C=O) groups excluding carboxylic acids is 1. The van der Waals surface area contributed by atoms with Gasteiger partial charge in [-0.1, -0.05) is 142 Å². The molecule has 0 heterocycles. The maximum absolute atomic E-state index is 12.0. The van der Waals surface area contributed by atoms with Gasteiger partial charge in [-0.15, -0.1) is 0 Å². The lowest BCUT2D eigenvalue weighted by Crippen LogP contribution is -2.27. The molecule has 1 N–H and O–H groups in total. The van der Waals surface area contributed by atoms with Crippen LogP contribution in [0.5, 0.6) is 0 Å². The minimum atomic E-state index is -0.529. The van der Waals surface area contributed by atoms with E-state index >= 15 is 0 Å². The SMILES string of the molecule is CCC/C=C\CCCCCCCC(=O)OC(CO)COCCCCCCCCCCCCCCCCC. The Morgan fingerprint density at radius 1 is 0.622 bits per heavy atom. The van der Waals surface area contributed by atoms with E-state index < -0.39 is 6.10 Å². The van der Waals surface area contributed by atoms with Gasteiger partial charge in [-0.05, 0) is 32.1 Å². The van der Waals surface area contributed by atoms with Crippen LogP contribution in [0.3, 0.4) is 0 Å². The standard InChI is InChI=1S/C33H64O4/c1-3-5-7-9-11-13-15-16-17-18-19-21-23-25-27-29-36-31-32(30-34)37-33(35)28-26-24-22-20-14-12-10-8-6-4-2/h8,10,32,34H,3-7,9,11-31H2,1-2H3/b10-8-. The third-order valence-electron chi connectivity index (χ3n) is 7.07. The zero-order valence-corrected chi connectivity index (χ0v) is 25.0. The minimum absolute atomic E-state index is 0.170. The van der Waals surface area contributed by atoms with E-state index in [-0.39, 0.29) is 12.6 Å². The van der Waals surface area contributed by atoms with Gasteiger partial charge in [0.25, 0.3) is 0 Å². The highest BCUT2D eigenvalue weighted by molar-refractivity contribution is 5.69. The number of aliphatic hydroxyl groups excluding tert-OH is 1. The Morgan fingerprint density at radius 3 is 1.65 bits per heavy atom. The van der Waals surface area contributed by atoms with Gasteiger partial charge in [-0.3, -0.25) is 4.79 Å². The first kappa shape index (κ1) is 36.1. The molecule has 0 saturated carbocycles. The summed E-state index contributed by atoms with van der Waals surface area (Å²) < 4.78 is 11.1. The van der Waals surface area contributed by atoms with Crippen molar-refractivity contribution in [3.63, 3.8) is 0 Å². The Morgan fingerprint density at radius 2 is 1.11 bits per heavy atom. The molecular weight excluding hydrogens is 460 g/mol. The molecule has 0 spiro atoms. The minimum Gasteiger partial charge on any atom is -0.457 e. The predicted octanol–water partition coefficient (Wildman–Crippen LogP) is 9.87. The smallest absolute Gasteiger partial charge is 0.306 e. The molecule has 0 aliphatic carbocycles. The number of carbonyl (C=O) groups is 1. The summed E-state index contributed by atoms with van der Waals surface area (Å²) in [7, 11) is 0. The van der Waals surface area contributed by atoms with Gasteiger partial charge in [0.2, 0.25) is 0 Å². The maximum Gasteiger partial charge on any atom is 0.306 e. The molecule has 220 valence electrons. The van der Waals surface area contributed by atoms with Crippen molar-refractivity contribution in [2.75, 3.05) is 19.8 Å². The van der Waals surface area contributed by atoms with E-state index in [2.05, 4.69) is 26.0 Å². The second kappa shape index (κ2) is 31.3. The lowest BCUT2D eigenvalue weighted by Gasteiger charge is -2.15. The third-order valence-corrected chi connectivity index (χ3v) is 7.07. The molecule has 0 aromatic heterocycles. The Bertz CT molecular complexity index is 477. The van der Waals surface area contributed by atoms with Gasteiger partial charge in [0, 0.05) is 13.0 Å². The third kappa shape index (κ3) is 29.5. The van der Waals surface area contributed by atoms with Crippen LogP contribution in [0.2, 0.25) is 0 Å². The Hall–Kier alpha value is -0.870. The van der Waals surface area contributed by atoms with Crippen LogP contribution in [0.25, 0.3) is 0 Å². The van der Waals surface area contributed by atoms with Gasteiger partial charge in [0.15, 0.2) is 0 Å². The highest BCUT2D eigenvalue weighted by Crippen LogP contribution is 2.14. The molecule has 1 unspecified atom stereocenters. The van der Waals surface area contributed by atoms with Crippen molar-refractivity contribution in [1.29, 1.82) is 0 Å². The van der Waals surface area contributed by atoms with Crippen molar-refractivity contribution in [3.8, 4) is 0 Å². The number of esters is 1. The van der Waals surface area contributed by atoms with Crippen molar-refractivity contribution in [2.45, 2.75) is 174 Å². The second-order valence-electron chi connectivity index (χ2n) is 10.9. The van der Waals surface area contributed by atoms with Crippen molar-refractivity contribution < 1.29 is 19.4 Å². The summed E-state index contributed by atoms with van der Waals surface area (Å²) in [5, 5.41) is 9.49. The first-order chi connectivity index (χ1) is 18.2. The normalized spacial score (nSPS) is 12.4. The highest BCUT2D eigenvalue weighted by Gasteiger charge is 2.13. The molecule has 0 rings (SSSR count). The molecule has 0 amide bonds. The molecule has 0 fully saturated rings. The molecular formula is C33H64O4. The number of rotatable bonds is 30. The maximum atomic E-state index is 12.0. The molecule has 0 aromatic carbocycles. The van der Waals surface area contributed by atoms with Crippen LogP contribution in [-0.2, 0) is 14.3 Å². The van der Waals surface area contributed by atoms with Gasteiger partial charge in [0.05, 0.1) is 13.2 Å². The quantitative estimate of drug-likeness (QED) is 0.0577. The Balaban J connectivity index is 3.41. The number of aliphatic hydroxyl groups is 1. The van der Waals surface area contributed by atoms with Gasteiger partial charge >= 0.3 is 5.97 Å². The summed E-state index contributed by atoms with van der Waals surface area (Å²) in [5.41, 5.74) is 0. The van der Waals surface area contributed by atoms with E-state index in [1.807, 2.05) is 0 Å². The summed E-state index contributed by atoms with van der Waals surface area (Å²) in [6.07, 6.45) is 33.8. The Kier molecular flexibility index (Phi) is 30.6. The molecule has 0 aromatic rings. The van der Waals surface area contributed by atoms with Crippen molar-refractivity contribution in [1.82, 2.24) is 0 Å². The van der Waals surface area contributed by atoms with Crippen LogP contribution in [0.4, 0.5) is 0 Å². The first-order valence-corrected chi connectivity index (χ1v) is 16.3. The van der Waals surface area contributed by atoms with E-state index in [4.69, 9.17) is 9.47 Å². The number of ether oxygens (including phenoxy) is 2. The van der Waals surface area contributed by atoms with Gasteiger partial charge in [0.1, 0.15) is 6.10 Å². The van der Waals surface area contributed by atoms with Crippen LogP contribution >= 0.6 is 0 Å². The summed E-state index contributed by atoms with van der Waals surface area (Å²) >= 11 is 0. The van der Waals surface area contributed by atoms with Crippen LogP contribution in [0.1, 0.15) is 168 Å².